The highest BCUT2D eigenvalue weighted by molar-refractivity contribution is 6.33. The van der Waals surface area contributed by atoms with Crippen molar-refractivity contribution in [3.63, 3.8) is 0 Å². The van der Waals surface area contributed by atoms with E-state index in [0.717, 1.165) is 48.8 Å². The van der Waals surface area contributed by atoms with Crippen LogP contribution in [0.2, 0.25) is 5.02 Å². The molecule has 1 aromatic carbocycles. The van der Waals surface area contributed by atoms with E-state index in [1.165, 1.54) is 0 Å². The largest absolute Gasteiger partial charge is 0.368 e. The molecule has 0 unspecified atom stereocenters. The van der Waals surface area contributed by atoms with Gasteiger partial charge in [-0.2, -0.15) is 9.50 Å². The van der Waals surface area contributed by atoms with E-state index in [1.807, 2.05) is 26.0 Å². The lowest BCUT2D eigenvalue weighted by Gasteiger charge is -2.34. The van der Waals surface area contributed by atoms with Gasteiger partial charge < -0.3 is 20.9 Å². The van der Waals surface area contributed by atoms with E-state index < -0.39 is 0 Å². The summed E-state index contributed by atoms with van der Waals surface area (Å²) in [5.41, 5.74) is 9.64. The van der Waals surface area contributed by atoms with Gasteiger partial charge in [0.15, 0.2) is 0 Å². The number of rotatable bonds is 4. The number of anilines is 3. The van der Waals surface area contributed by atoms with Crippen LogP contribution in [0.15, 0.2) is 18.2 Å². The summed E-state index contributed by atoms with van der Waals surface area (Å²) in [4.78, 5) is 25.7. The second-order valence-electron chi connectivity index (χ2n) is 7.62. The van der Waals surface area contributed by atoms with E-state index in [1.54, 1.807) is 10.6 Å². The minimum absolute atomic E-state index is 0.154. The lowest BCUT2D eigenvalue weighted by atomic mass is 10.1. The molecule has 0 radical (unpaired) electrons. The summed E-state index contributed by atoms with van der Waals surface area (Å²) in [6.45, 7) is 7.60. The second-order valence-corrected chi connectivity index (χ2v) is 8.03. The number of likely N-dealkylation sites (N-methyl/N-ethyl adjacent to an activating group) is 1. The maximum absolute atomic E-state index is 12.7. The number of aryl methyl sites for hydroxylation is 2. The molecule has 0 spiro atoms. The van der Waals surface area contributed by atoms with Gasteiger partial charge in [-0.15, -0.1) is 5.10 Å². The minimum atomic E-state index is -0.154. The van der Waals surface area contributed by atoms with Crippen LogP contribution in [0.1, 0.15) is 17.0 Å². The van der Waals surface area contributed by atoms with E-state index >= 15 is 0 Å². The Morgan fingerprint density at radius 3 is 2.63 bits per heavy atom. The summed E-state index contributed by atoms with van der Waals surface area (Å²) < 4.78 is 1.56. The zero-order valence-corrected chi connectivity index (χ0v) is 18.1. The van der Waals surface area contributed by atoms with Crippen LogP contribution in [0, 0.1) is 13.8 Å². The number of nitrogens with one attached hydrogen (secondary N) is 1. The van der Waals surface area contributed by atoms with Crippen molar-refractivity contribution in [1.82, 2.24) is 24.5 Å². The minimum Gasteiger partial charge on any atom is -0.368 e. The number of piperazine rings is 1. The summed E-state index contributed by atoms with van der Waals surface area (Å²) in [6, 6.07) is 5.65. The van der Waals surface area contributed by atoms with Crippen LogP contribution in [0.3, 0.4) is 0 Å². The molecule has 0 bridgehead atoms. The number of aromatic nitrogens is 4. The molecule has 9 nitrogen and oxygen atoms in total. The third-order valence-electron chi connectivity index (χ3n) is 5.48. The van der Waals surface area contributed by atoms with Crippen molar-refractivity contribution in [2.45, 2.75) is 20.3 Å². The summed E-state index contributed by atoms with van der Waals surface area (Å²) in [6.07, 6.45) is 0.165. The Morgan fingerprint density at radius 2 is 1.93 bits per heavy atom. The van der Waals surface area contributed by atoms with Gasteiger partial charge in [-0.3, -0.25) is 4.79 Å². The number of amides is 1. The molecular formula is C20H25ClN8O. The van der Waals surface area contributed by atoms with Gasteiger partial charge >= 0.3 is 0 Å². The van der Waals surface area contributed by atoms with Gasteiger partial charge in [-0.05, 0) is 39.1 Å². The van der Waals surface area contributed by atoms with Gasteiger partial charge in [-0.25, -0.2) is 4.98 Å². The molecule has 1 fully saturated rings. The van der Waals surface area contributed by atoms with E-state index in [9.17, 15) is 4.79 Å². The Kier molecular flexibility index (Phi) is 5.48. The van der Waals surface area contributed by atoms with E-state index in [-0.39, 0.29) is 18.3 Å². The number of benzene rings is 1. The maximum Gasteiger partial charge on any atom is 0.254 e. The SMILES string of the molecule is Cc1nc2nc(N)nn2c(C)c1CC(=O)Nc1ccc(N2CCN(C)CC2)c(Cl)c1. The number of fused-ring (bicyclic) bond motifs is 1. The van der Waals surface area contributed by atoms with Crippen LogP contribution >= 0.6 is 11.6 Å². The highest BCUT2D eigenvalue weighted by Crippen LogP contribution is 2.29. The van der Waals surface area contributed by atoms with Gasteiger partial charge in [0.2, 0.25) is 11.9 Å². The van der Waals surface area contributed by atoms with Gasteiger partial charge in [-0.1, -0.05) is 11.6 Å². The lowest BCUT2D eigenvalue weighted by molar-refractivity contribution is -0.115. The van der Waals surface area contributed by atoms with Crippen molar-refractivity contribution in [2.75, 3.05) is 49.2 Å². The number of carbonyl (C=O) groups excluding carboxylic acids is 1. The Balaban J connectivity index is 1.48. The summed E-state index contributed by atoms with van der Waals surface area (Å²) in [7, 11) is 2.12. The zero-order chi connectivity index (χ0) is 21.4. The van der Waals surface area contributed by atoms with Crippen molar-refractivity contribution in [1.29, 1.82) is 0 Å². The fourth-order valence-corrected chi connectivity index (χ4v) is 4.03. The summed E-state index contributed by atoms with van der Waals surface area (Å²) in [5, 5.41) is 7.70. The number of hydrogen-bond donors (Lipinski definition) is 2. The Labute approximate surface area is 179 Å². The molecule has 0 saturated carbocycles. The van der Waals surface area contributed by atoms with Gasteiger partial charge in [0, 0.05) is 48.8 Å². The fourth-order valence-electron chi connectivity index (χ4n) is 3.73. The predicted octanol–water partition coefficient (Wildman–Crippen LogP) is 1.91. The molecule has 3 heterocycles. The molecule has 3 N–H and O–H groups in total. The summed E-state index contributed by atoms with van der Waals surface area (Å²) >= 11 is 6.51. The van der Waals surface area contributed by atoms with Crippen molar-refractivity contribution >= 4 is 40.6 Å². The molecule has 0 atom stereocenters. The number of carbonyl (C=O) groups is 1. The van der Waals surface area contributed by atoms with Crippen LogP contribution in [0.4, 0.5) is 17.3 Å². The highest BCUT2D eigenvalue weighted by Gasteiger charge is 2.18. The molecule has 0 aliphatic carbocycles. The first kappa shape index (κ1) is 20.4. The highest BCUT2D eigenvalue weighted by atomic mass is 35.5. The predicted molar refractivity (Wildman–Crippen MR) is 118 cm³/mol. The van der Waals surface area contributed by atoms with Gasteiger partial charge in [0.25, 0.3) is 5.78 Å². The third kappa shape index (κ3) is 4.03. The quantitative estimate of drug-likeness (QED) is 0.653. The molecule has 1 aliphatic rings. The first-order valence-corrected chi connectivity index (χ1v) is 10.2. The normalized spacial score (nSPS) is 15.0. The van der Waals surface area contributed by atoms with Crippen LogP contribution in [-0.2, 0) is 11.2 Å². The molecule has 1 aliphatic heterocycles. The molecule has 2 aromatic heterocycles. The molecule has 158 valence electrons. The van der Waals surface area contributed by atoms with Gasteiger partial charge in [0.05, 0.1) is 17.1 Å². The van der Waals surface area contributed by atoms with Crippen molar-refractivity contribution in [2.24, 2.45) is 0 Å². The fraction of sp³-hybridized carbons (Fsp3) is 0.400. The van der Waals surface area contributed by atoms with Gasteiger partial charge in [0.1, 0.15) is 0 Å². The smallest absolute Gasteiger partial charge is 0.254 e. The number of halogens is 1. The standard InChI is InChI=1S/C20H25ClN8O/c1-12-15(13(2)29-20(23-12)25-19(22)26-29)11-18(30)24-14-4-5-17(16(21)10-14)28-8-6-27(3)7-9-28/h4-5,10H,6-9,11H2,1-3H3,(H2,22,26)(H,24,30). The Bertz CT molecular complexity index is 1100. The monoisotopic (exact) mass is 428 g/mol. The maximum atomic E-state index is 12.7. The zero-order valence-electron chi connectivity index (χ0n) is 17.3. The third-order valence-corrected chi connectivity index (χ3v) is 5.78. The average molecular weight is 429 g/mol. The second kappa shape index (κ2) is 8.08. The van der Waals surface area contributed by atoms with E-state index in [2.05, 4.69) is 37.2 Å². The number of nitrogens with zero attached hydrogens (tertiary/aromatic N) is 6. The topological polar surface area (TPSA) is 105 Å². The molecule has 4 rings (SSSR count). The number of hydrogen-bond acceptors (Lipinski definition) is 7. The molecule has 10 heteroatoms. The Morgan fingerprint density at radius 1 is 1.20 bits per heavy atom. The van der Waals surface area contributed by atoms with Crippen LogP contribution in [0.25, 0.3) is 5.78 Å². The molecular weight excluding hydrogens is 404 g/mol. The number of nitrogen functional groups attached to an aromatic ring is 1. The molecule has 1 amide bonds. The van der Waals surface area contributed by atoms with Crippen molar-refractivity contribution in [3.8, 4) is 0 Å². The molecule has 1 saturated heterocycles. The van der Waals surface area contributed by atoms with Crippen LogP contribution < -0.4 is 16.0 Å². The summed E-state index contributed by atoms with van der Waals surface area (Å²) in [5.74, 6) is 0.429. The van der Waals surface area contributed by atoms with E-state index in [4.69, 9.17) is 17.3 Å². The molecule has 3 aromatic rings. The number of nitrogens with two attached hydrogens (primary N) is 1. The van der Waals surface area contributed by atoms with Crippen molar-refractivity contribution < 1.29 is 4.79 Å². The average Bonchev–Trinajstić information content (AvgIpc) is 3.06. The first-order chi connectivity index (χ1) is 14.3. The Hall–Kier alpha value is -2.91. The van der Waals surface area contributed by atoms with Crippen molar-refractivity contribution in [3.05, 3.63) is 40.2 Å². The van der Waals surface area contributed by atoms with Crippen LogP contribution in [-0.4, -0.2) is 63.6 Å². The first-order valence-electron chi connectivity index (χ1n) is 9.83. The van der Waals surface area contributed by atoms with Crippen LogP contribution in [0.5, 0.6) is 0 Å². The van der Waals surface area contributed by atoms with E-state index in [0.29, 0.717) is 16.5 Å². The lowest BCUT2D eigenvalue weighted by Crippen LogP contribution is -2.44. The molecule has 30 heavy (non-hydrogen) atoms.